The lowest BCUT2D eigenvalue weighted by Gasteiger charge is -2.37. The van der Waals surface area contributed by atoms with Crippen molar-refractivity contribution in [2.45, 2.75) is 45.3 Å². The van der Waals surface area contributed by atoms with Gasteiger partial charge in [-0.25, -0.2) is 13.6 Å². The molecule has 0 aromatic heterocycles. The Morgan fingerprint density at radius 2 is 1.85 bits per heavy atom. The van der Waals surface area contributed by atoms with Gasteiger partial charge >= 0.3 is 0 Å². The standard InChI is InChI=1S/C9H19NO2S/c1-7-4-8(13(10,11)12)6-9(2,3)5-7/h7-8H,4-6H2,1-3H3,(H2,10,11,12). The molecule has 2 N–H and O–H groups in total. The molecule has 1 rings (SSSR count). The molecule has 0 heterocycles. The van der Waals surface area contributed by atoms with Gasteiger partial charge < -0.3 is 0 Å². The van der Waals surface area contributed by atoms with Gasteiger partial charge in [0.25, 0.3) is 0 Å². The van der Waals surface area contributed by atoms with Gasteiger partial charge in [0.2, 0.25) is 10.0 Å². The molecule has 0 spiro atoms. The van der Waals surface area contributed by atoms with E-state index in [0.717, 1.165) is 12.8 Å². The highest BCUT2D eigenvalue weighted by Gasteiger charge is 2.36. The minimum absolute atomic E-state index is 0.120. The molecule has 1 fully saturated rings. The van der Waals surface area contributed by atoms with Crippen LogP contribution < -0.4 is 5.14 Å². The first kappa shape index (κ1) is 11.0. The van der Waals surface area contributed by atoms with Gasteiger partial charge in [0.1, 0.15) is 0 Å². The first-order valence-electron chi connectivity index (χ1n) is 4.72. The molecular weight excluding hydrogens is 186 g/mol. The first-order valence-corrected chi connectivity index (χ1v) is 6.33. The maximum absolute atomic E-state index is 11.2. The fourth-order valence-electron chi connectivity index (χ4n) is 2.51. The fraction of sp³-hybridized carbons (Fsp3) is 1.00. The summed E-state index contributed by atoms with van der Waals surface area (Å²) in [5.74, 6) is 0.465. The van der Waals surface area contributed by atoms with Crippen LogP contribution in [0.4, 0.5) is 0 Å². The second-order valence-corrected chi connectivity index (χ2v) is 6.97. The zero-order valence-corrected chi connectivity index (χ0v) is 9.39. The van der Waals surface area contributed by atoms with E-state index in [-0.39, 0.29) is 10.7 Å². The summed E-state index contributed by atoms with van der Waals surface area (Å²) < 4.78 is 22.4. The Balaban J connectivity index is 2.81. The highest BCUT2D eigenvalue weighted by molar-refractivity contribution is 7.89. The van der Waals surface area contributed by atoms with Crippen molar-refractivity contribution in [1.29, 1.82) is 0 Å². The van der Waals surface area contributed by atoms with Gasteiger partial charge in [-0.15, -0.1) is 0 Å². The van der Waals surface area contributed by atoms with Crippen molar-refractivity contribution < 1.29 is 8.42 Å². The van der Waals surface area contributed by atoms with E-state index < -0.39 is 10.0 Å². The summed E-state index contributed by atoms with van der Waals surface area (Å²) >= 11 is 0. The van der Waals surface area contributed by atoms with Crippen LogP contribution in [0.25, 0.3) is 0 Å². The lowest BCUT2D eigenvalue weighted by molar-refractivity contribution is 0.193. The van der Waals surface area contributed by atoms with Crippen molar-refractivity contribution >= 4 is 10.0 Å². The molecule has 3 nitrogen and oxygen atoms in total. The third-order valence-corrected chi connectivity index (χ3v) is 4.10. The van der Waals surface area contributed by atoms with Crippen molar-refractivity contribution in [3.63, 3.8) is 0 Å². The van der Waals surface area contributed by atoms with Crippen molar-refractivity contribution in [3.8, 4) is 0 Å². The minimum atomic E-state index is -3.33. The quantitative estimate of drug-likeness (QED) is 0.705. The van der Waals surface area contributed by atoms with Crippen LogP contribution in [0, 0.1) is 11.3 Å². The normalized spacial score (nSPS) is 34.5. The first-order chi connectivity index (χ1) is 5.71. The van der Waals surface area contributed by atoms with Crippen LogP contribution in [0.1, 0.15) is 40.0 Å². The fourth-order valence-corrected chi connectivity index (χ4v) is 3.79. The zero-order chi connectivity index (χ0) is 10.3. The van der Waals surface area contributed by atoms with E-state index in [1.54, 1.807) is 0 Å². The largest absolute Gasteiger partial charge is 0.228 e. The summed E-state index contributed by atoms with van der Waals surface area (Å²) in [5.41, 5.74) is 0.120. The van der Waals surface area contributed by atoms with E-state index in [2.05, 4.69) is 20.8 Å². The van der Waals surface area contributed by atoms with Crippen molar-refractivity contribution in [3.05, 3.63) is 0 Å². The van der Waals surface area contributed by atoms with Crippen LogP contribution in [0.3, 0.4) is 0 Å². The maximum atomic E-state index is 11.2. The van der Waals surface area contributed by atoms with Gasteiger partial charge in [-0.2, -0.15) is 0 Å². The van der Waals surface area contributed by atoms with E-state index in [1.807, 2.05) is 0 Å². The summed E-state index contributed by atoms with van der Waals surface area (Å²) in [7, 11) is -3.33. The Labute approximate surface area is 80.8 Å². The number of hydrogen-bond acceptors (Lipinski definition) is 2. The predicted octanol–water partition coefficient (Wildman–Crippen LogP) is 1.49. The van der Waals surface area contributed by atoms with Crippen LogP contribution >= 0.6 is 0 Å². The third kappa shape index (κ3) is 2.95. The molecule has 0 saturated heterocycles. The molecule has 2 atom stereocenters. The monoisotopic (exact) mass is 205 g/mol. The van der Waals surface area contributed by atoms with Crippen molar-refractivity contribution in [2.24, 2.45) is 16.5 Å². The summed E-state index contributed by atoms with van der Waals surface area (Å²) in [5, 5.41) is 4.84. The van der Waals surface area contributed by atoms with E-state index in [1.165, 1.54) is 0 Å². The van der Waals surface area contributed by atoms with Gasteiger partial charge in [0.05, 0.1) is 5.25 Å². The summed E-state index contributed by atoms with van der Waals surface area (Å²) in [6.45, 7) is 6.32. The predicted molar refractivity (Wildman–Crippen MR) is 53.7 cm³/mol. The van der Waals surface area contributed by atoms with E-state index in [9.17, 15) is 8.42 Å². The highest BCUT2D eigenvalue weighted by Crippen LogP contribution is 2.40. The van der Waals surface area contributed by atoms with E-state index in [0.29, 0.717) is 12.3 Å². The number of primary sulfonamides is 1. The van der Waals surface area contributed by atoms with Gasteiger partial charge in [-0.1, -0.05) is 20.8 Å². The molecule has 0 radical (unpaired) electrons. The van der Waals surface area contributed by atoms with Gasteiger partial charge in [-0.05, 0) is 30.6 Å². The Bertz CT molecular complexity index is 282. The Hall–Kier alpha value is -0.0900. The lowest BCUT2D eigenvalue weighted by Crippen LogP contribution is -2.39. The molecule has 78 valence electrons. The number of sulfonamides is 1. The number of rotatable bonds is 1. The average Bonchev–Trinajstić information content (AvgIpc) is 1.79. The SMILES string of the molecule is CC1CC(S(N)(=O)=O)CC(C)(C)C1. The van der Waals surface area contributed by atoms with Crippen LogP contribution in [0.15, 0.2) is 0 Å². The summed E-state index contributed by atoms with van der Waals surface area (Å²) in [6, 6.07) is 0. The Morgan fingerprint density at radius 1 is 1.31 bits per heavy atom. The zero-order valence-electron chi connectivity index (χ0n) is 8.58. The van der Waals surface area contributed by atoms with E-state index in [4.69, 9.17) is 5.14 Å². The van der Waals surface area contributed by atoms with Gasteiger partial charge in [0.15, 0.2) is 0 Å². The van der Waals surface area contributed by atoms with Crippen molar-refractivity contribution in [1.82, 2.24) is 0 Å². The molecule has 0 aromatic rings. The Morgan fingerprint density at radius 3 is 2.23 bits per heavy atom. The molecule has 1 aliphatic carbocycles. The molecule has 1 aliphatic rings. The molecule has 0 aromatic carbocycles. The number of nitrogens with two attached hydrogens (primary N) is 1. The molecule has 1 saturated carbocycles. The number of hydrogen-bond donors (Lipinski definition) is 1. The van der Waals surface area contributed by atoms with Crippen LogP contribution in [0.5, 0.6) is 0 Å². The molecular formula is C9H19NO2S. The highest BCUT2D eigenvalue weighted by atomic mass is 32.2. The molecule has 0 bridgehead atoms. The maximum Gasteiger partial charge on any atom is 0.211 e. The van der Waals surface area contributed by atoms with Gasteiger partial charge in [0, 0.05) is 0 Å². The second kappa shape index (κ2) is 3.24. The van der Waals surface area contributed by atoms with E-state index >= 15 is 0 Å². The van der Waals surface area contributed by atoms with Crippen molar-refractivity contribution in [2.75, 3.05) is 0 Å². The Kier molecular flexibility index (Phi) is 2.74. The topological polar surface area (TPSA) is 60.2 Å². The summed E-state index contributed by atoms with van der Waals surface area (Å²) in [4.78, 5) is 0. The molecule has 0 aliphatic heterocycles. The molecule has 2 unspecified atom stereocenters. The van der Waals surface area contributed by atoms with Crippen LogP contribution in [-0.2, 0) is 10.0 Å². The third-order valence-electron chi connectivity index (χ3n) is 2.81. The second-order valence-electron chi connectivity index (χ2n) is 5.12. The molecule has 4 heteroatoms. The minimum Gasteiger partial charge on any atom is -0.228 e. The molecule has 0 amide bonds. The summed E-state index contributed by atoms with van der Waals surface area (Å²) in [6.07, 6.45) is 2.53. The van der Waals surface area contributed by atoms with Gasteiger partial charge in [-0.3, -0.25) is 0 Å². The van der Waals surface area contributed by atoms with Crippen LogP contribution in [0.2, 0.25) is 0 Å². The molecule has 13 heavy (non-hydrogen) atoms. The van der Waals surface area contributed by atoms with Crippen LogP contribution in [-0.4, -0.2) is 13.7 Å². The lowest BCUT2D eigenvalue weighted by atomic mass is 9.73. The average molecular weight is 205 g/mol. The smallest absolute Gasteiger partial charge is 0.211 e.